The minimum Gasteiger partial charge on any atom is -0.444 e. The average molecular weight is 269 g/mol. The molecule has 0 saturated carbocycles. The number of thiophene rings is 1. The van der Waals surface area contributed by atoms with Gasteiger partial charge in [0.05, 0.1) is 6.54 Å². The van der Waals surface area contributed by atoms with Crippen LogP contribution in [0.4, 0.5) is 4.79 Å². The third kappa shape index (κ3) is 4.49. The van der Waals surface area contributed by atoms with Crippen molar-refractivity contribution in [3.63, 3.8) is 0 Å². The molecular formula is C13H19NO3S. The Hall–Kier alpha value is -1.36. The van der Waals surface area contributed by atoms with E-state index in [2.05, 4.69) is 0 Å². The van der Waals surface area contributed by atoms with E-state index in [-0.39, 0.29) is 12.3 Å². The molecule has 18 heavy (non-hydrogen) atoms. The zero-order valence-electron chi connectivity index (χ0n) is 11.2. The van der Waals surface area contributed by atoms with Gasteiger partial charge in [0.15, 0.2) is 5.78 Å². The molecule has 0 aliphatic carbocycles. The summed E-state index contributed by atoms with van der Waals surface area (Å²) in [6.45, 7) is 7.75. The first-order valence-electron chi connectivity index (χ1n) is 5.87. The molecule has 5 heteroatoms. The van der Waals surface area contributed by atoms with Crippen LogP contribution in [0.15, 0.2) is 16.8 Å². The number of amides is 1. The van der Waals surface area contributed by atoms with Crippen LogP contribution in [-0.2, 0) is 4.74 Å². The van der Waals surface area contributed by atoms with Crippen LogP contribution in [0.3, 0.4) is 0 Å². The summed E-state index contributed by atoms with van der Waals surface area (Å²) in [4.78, 5) is 25.2. The number of ether oxygens (including phenoxy) is 1. The van der Waals surface area contributed by atoms with E-state index in [1.54, 1.807) is 32.2 Å². The first kappa shape index (κ1) is 14.7. The lowest BCUT2D eigenvalue weighted by atomic mass is 10.2. The Bertz CT molecular complexity index is 406. The Labute approximate surface area is 112 Å². The molecular weight excluding hydrogens is 250 g/mol. The number of likely N-dealkylation sites (N-methyl/N-ethyl adjacent to an activating group) is 1. The van der Waals surface area contributed by atoms with Gasteiger partial charge in [0, 0.05) is 17.5 Å². The van der Waals surface area contributed by atoms with E-state index in [1.807, 2.05) is 12.3 Å². The molecule has 0 atom stereocenters. The fourth-order valence-electron chi connectivity index (χ4n) is 1.32. The van der Waals surface area contributed by atoms with Gasteiger partial charge in [0.1, 0.15) is 5.60 Å². The molecule has 0 unspecified atom stereocenters. The van der Waals surface area contributed by atoms with Crippen LogP contribution in [0.2, 0.25) is 0 Å². The van der Waals surface area contributed by atoms with Gasteiger partial charge < -0.3 is 9.64 Å². The average Bonchev–Trinajstić information content (AvgIpc) is 2.76. The summed E-state index contributed by atoms with van der Waals surface area (Å²) in [5.41, 5.74) is 0.0950. The molecule has 0 aliphatic heterocycles. The van der Waals surface area contributed by atoms with E-state index in [0.29, 0.717) is 12.1 Å². The van der Waals surface area contributed by atoms with Gasteiger partial charge >= 0.3 is 6.09 Å². The number of hydrogen-bond acceptors (Lipinski definition) is 4. The number of hydrogen-bond donors (Lipinski definition) is 0. The Morgan fingerprint density at radius 2 is 2.06 bits per heavy atom. The summed E-state index contributed by atoms with van der Waals surface area (Å²) in [5.74, 6) is -0.0658. The van der Waals surface area contributed by atoms with Gasteiger partial charge in [0.2, 0.25) is 0 Å². The van der Waals surface area contributed by atoms with Gasteiger partial charge in [-0.2, -0.15) is 11.3 Å². The number of rotatable bonds is 4. The van der Waals surface area contributed by atoms with Crippen molar-refractivity contribution in [2.75, 3.05) is 13.1 Å². The number of nitrogens with zero attached hydrogens (tertiary/aromatic N) is 1. The van der Waals surface area contributed by atoms with E-state index < -0.39 is 11.7 Å². The summed E-state index contributed by atoms with van der Waals surface area (Å²) < 4.78 is 5.25. The van der Waals surface area contributed by atoms with Crippen LogP contribution < -0.4 is 0 Å². The fourth-order valence-corrected chi connectivity index (χ4v) is 1.98. The van der Waals surface area contributed by atoms with Crippen molar-refractivity contribution < 1.29 is 14.3 Å². The number of Topliss-reactive ketones (excluding diaryl/α,β-unsaturated/α-hetero) is 1. The van der Waals surface area contributed by atoms with Gasteiger partial charge in [-0.1, -0.05) is 0 Å². The van der Waals surface area contributed by atoms with E-state index in [0.717, 1.165) is 0 Å². The number of ketones is 1. The SMILES string of the molecule is CCN(CC(=O)c1ccsc1)C(=O)OC(C)(C)C. The molecule has 0 N–H and O–H groups in total. The Morgan fingerprint density at radius 1 is 1.39 bits per heavy atom. The first-order chi connectivity index (χ1) is 8.33. The molecule has 1 rings (SSSR count). The summed E-state index contributed by atoms with van der Waals surface area (Å²) in [6, 6.07) is 1.76. The maximum Gasteiger partial charge on any atom is 0.410 e. The second kappa shape index (κ2) is 6.00. The van der Waals surface area contributed by atoms with Crippen LogP contribution in [0.1, 0.15) is 38.1 Å². The first-order valence-corrected chi connectivity index (χ1v) is 6.81. The van der Waals surface area contributed by atoms with Gasteiger partial charge in [-0.15, -0.1) is 0 Å². The Balaban J connectivity index is 2.62. The number of carbonyl (C=O) groups is 2. The van der Waals surface area contributed by atoms with Gasteiger partial charge in [-0.05, 0) is 39.1 Å². The zero-order valence-corrected chi connectivity index (χ0v) is 12.0. The van der Waals surface area contributed by atoms with Crippen LogP contribution in [0.25, 0.3) is 0 Å². The maximum atomic E-state index is 11.9. The van der Waals surface area contributed by atoms with E-state index in [9.17, 15) is 9.59 Å². The minimum absolute atomic E-state index is 0.0577. The molecule has 4 nitrogen and oxygen atoms in total. The summed E-state index contributed by atoms with van der Waals surface area (Å²) >= 11 is 1.47. The minimum atomic E-state index is -0.546. The lowest BCUT2D eigenvalue weighted by Crippen LogP contribution is -2.39. The molecule has 0 aromatic carbocycles. The topological polar surface area (TPSA) is 46.6 Å². The summed E-state index contributed by atoms with van der Waals surface area (Å²) in [5, 5.41) is 3.63. The van der Waals surface area contributed by atoms with Gasteiger partial charge in [0.25, 0.3) is 0 Å². The van der Waals surface area contributed by atoms with Crippen molar-refractivity contribution in [3.05, 3.63) is 22.4 Å². The molecule has 0 bridgehead atoms. The molecule has 0 aliphatic rings. The molecule has 100 valence electrons. The maximum absolute atomic E-state index is 11.9. The van der Waals surface area contributed by atoms with Crippen molar-refractivity contribution in [1.82, 2.24) is 4.90 Å². The van der Waals surface area contributed by atoms with E-state index in [4.69, 9.17) is 4.74 Å². The monoisotopic (exact) mass is 269 g/mol. The van der Waals surface area contributed by atoms with E-state index in [1.165, 1.54) is 16.2 Å². The molecule has 1 aromatic rings. The predicted octanol–water partition coefficient (Wildman–Crippen LogP) is 3.19. The summed E-state index contributed by atoms with van der Waals surface area (Å²) in [7, 11) is 0. The smallest absolute Gasteiger partial charge is 0.410 e. The van der Waals surface area contributed by atoms with Gasteiger partial charge in [-0.3, -0.25) is 4.79 Å². The van der Waals surface area contributed by atoms with E-state index >= 15 is 0 Å². The molecule has 0 saturated heterocycles. The van der Waals surface area contributed by atoms with Gasteiger partial charge in [-0.25, -0.2) is 4.79 Å². The molecule has 1 heterocycles. The summed E-state index contributed by atoms with van der Waals surface area (Å²) in [6.07, 6.45) is -0.450. The van der Waals surface area contributed by atoms with Crippen molar-refractivity contribution in [2.45, 2.75) is 33.3 Å². The Morgan fingerprint density at radius 3 is 2.50 bits per heavy atom. The molecule has 0 spiro atoms. The third-order valence-corrected chi connectivity index (χ3v) is 2.89. The highest BCUT2D eigenvalue weighted by Crippen LogP contribution is 2.12. The molecule has 0 fully saturated rings. The largest absolute Gasteiger partial charge is 0.444 e. The molecule has 0 radical (unpaired) electrons. The standard InChI is InChI=1S/C13H19NO3S/c1-5-14(12(16)17-13(2,3)4)8-11(15)10-6-7-18-9-10/h6-7,9H,5,8H2,1-4H3. The van der Waals surface area contributed by atoms with Crippen LogP contribution >= 0.6 is 11.3 Å². The van der Waals surface area contributed by atoms with Crippen LogP contribution in [0, 0.1) is 0 Å². The normalized spacial score (nSPS) is 11.1. The van der Waals surface area contributed by atoms with Crippen molar-refractivity contribution in [2.24, 2.45) is 0 Å². The second-order valence-electron chi connectivity index (χ2n) is 4.93. The molecule has 1 amide bonds. The highest BCUT2D eigenvalue weighted by atomic mass is 32.1. The van der Waals surface area contributed by atoms with Crippen molar-refractivity contribution in [1.29, 1.82) is 0 Å². The van der Waals surface area contributed by atoms with Crippen molar-refractivity contribution >= 4 is 23.2 Å². The predicted molar refractivity (Wildman–Crippen MR) is 72.1 cm³/mol. The highest BCUT2D eigenvalue weighted by molar-refractivity contribution is 7.08. The lowest BCUT2D eigenvalue weighted by molar-refractivity contribution is 0.0257. The van der Waals surface area contributed by atoms with Crippen molar-refractivity contribution in [3.8, 4) is 0 Å². The quantitative estimate of drug-likeness (QED) is 0.789. The third-order valence-electron chi connectivity index (χ3n) is 2.21. The Kier molecular flexibility index (Phi) is 4.90. The van der Waals surface area contributed by atoms with Crippen LogP contribution in [0.5, 0.6) is 0 Å². The van der Waals surface area contributed by atoms with Crippen LogP contribution in [-0.4, -0.2) is 35.5 Å². The number of carbonyl (C=O) groups excluding carboxylic acids is 2. The molecule has 1 aromatic heterocycles. The fraction of sp³-hybridized carbons (Fsp3) is 0.538. The second-order valence-corrected chi connectivity index (χ2v) is 5.71. The lowest BCUT2D eigenvalue weighted by Gasteiger charge is -2.26. The zero-order chi connectivity index (χ0) is 13.8. The highest BCUT2D eigenvalue weighted by Gasteiger charge is 2.23.